The van der Waals surface area contributed by atoms with Crippen LogP contribution in [0.1, 0.15) is 5.82 Å². The molecule has 0 N–H and O–H groups in total. The summed E-state index contributed by atoms with van der Waals surface area (Å²) in [6.07, 6.45) is 1.67. The molecular formula is C11H9Cl2N3OS. The molecule has 18 heavy (non-hydrogen) atoms. The molecule has 2 rings (SSSR count). The summed E-state index contributed by atoms with van der Waals surface area (Å²) in [5, 5.41) is 2.30. The van der Waals surface area contributed by atoms with Crippen LogP contribution in [0.15, 0.2) is 34.4 Å². The van der Waals surface area contributed by atoms with Gasteiger partial charge in [0.05, 0.1) is 5.02 Å². The van der Waals surface area contributed by atoms with Gasteiger partial charge >= 0.3 is 0 Å². The lowest BCUT2D eigenvalue weighted by molar-refractivity contribution is 0.177. The Bertz CT molecular complexity index is 554. The second-order valence-corrected chi connectivity index (χ2v) is 5.07. The Kier molecular flexibility index (Phi) is 4.77. The van der Waals surface area contributed by atoms with Crippen molar-refractivity contribution in [1.29, 1.82) is 0 Å². The smallest absolute Gasteiger partial charge is 0.156 e. The van der Waals surface area contributed by atoms with Gasteiger partial charge in [0, 0.05) is 19.4 Å². The standard InChI is InChI=1S/C11H9Cl2N3OS/c1-17-6-9-15-8(13)5-10(16-9)18-11-7(12)3-2-4-14-11/h2-5H,6H2,1H3. The molecule has 94 valence electrons. The van der Waals surface area contributed by atoms with Crippen molar-refractivity contribution in [2.24, 2.45) is 0 Å². The maximum Gasteiger partial charge on any atom is 0.156 e. The molecule has 0 saturated heterocycles. The molecule has 0 radical (unpaired) electrons. The van der Waals surface area contributed by atoms with E-state index >= 15 is 0 Å². The van der Waals surface area contributed by atoms with Crippen molar-refractivity contribution < 1.29 is 4.74 Å². The van der Waals surface area contributed by atoms with Gasteiger partial charge in [-0.2, -0.15) is 0 Å². The van der Waals surface area contributed by atoms with Crippen molar-refractivity contribution in [3.63, 3.8) is 0 Å². The highest BCUT2D eigenvalue weighted by Gasteiger charge is 2.08. The van der Waals surface area contributed by atoms with Gasteiger partial charge in [-0.25, -0.2) is 15.0 Å². The van der Waals surface area contributed by atoms with E-state index in [0.29, 0.717) is 32.7 Å². The number of nitrogens with zero attached hydrogens (tertiary/aromatic N) is 3. The molecule has 0 aromatic carbocycles. The predicted octanol–water partition coefficient (Wildman–Crippen LogP) is 3.48. The monoisotopic (exact) mass is 301 g/mol. The van der Waals surface area contributed by atoms with Gasteiger partial charge in [-0.15, -0.1) is 0 Å². The van der Waals surface area contributed by atoms with E-state index < -0.39 is 0 Å². The second-order valence-electron chi connectivity index (χ2n) is 3.27. The van der Waals surface area contributed by atoms with E-state index in [1.165, 1.54) is 11.8 Å². The summed E-state index contributed by atoms with van der Waals surface area (Å²) in [5.74, 6) is 0.527. The van der Waals surface area contributed by atoms with Crippen molar-refractivity contribution >= 4 is 35.0 Å². The number of pyridine rings is 1. The summed E-state index contributed by atoms with van der Waals surface area (Å²) < 4.78 is 4.98. The maximum absolute atomic E-state index is 6.03. The first-order valence-electron chi connectivity index (χ1n) is 5.00. The normalized spacial score (nSPS) is 10.6. The number of methoxy groups -OCH3 is 1. The quantitative estimate of drug-likeness (QED) is 0.809. The topological polar surface area (TPSA) is 47.9 Å². The molecule has 0 aliphatic carbocycles. The molecule has 7 heteroatoms. The minimum absolute atomic E-state index is 0.310. The first-order valence-corrected chi connectivity index (χ1v) is 6.57. The first kappa shape index (κ1) is 13.5. The zero-order chi connectivity index (χ0) is 13.0. The lowest BCUT2D eigenvalue weighted by atomic mass is 10.5. The number of rotatable bonds is 4. The third kappa shape index (κ3) is 3.55. The third-order valence-electron chi connectivity index (χ3n) is 1.92. The van der Waals surface area contributed by atoms with Crippen LogP contribution in [0.2, 0.25) is 10.2 Å². The summed E-state index contributed by atoms with van der Waals surface area (Å²) in [7, 11) is 1.58. The Balaban J connectivity index is 2.26. The van der Waals surface area contributed by atoms with Crippen LogP contribution in [0.5, 0.6) is 0 Å². The van der Waals surface area contributed by atoms with Crippen molar-refractivity contribution in [3.8, 4) is 0 Å². The largest absolute Gasteiger partial charge is 0.377 e. The average molecular weight is 302 g/mol. The number of hydrogen-bond donors (Lipinski definition) is 0. The van der Waals surface area contributed by atoms with Gasteiger partial charge in [-0.3, -0.25) is 0 Å². The fourth-order valence-electron chi connectivity index (χ4n) is 1.23. The molecule has 0 saturated carbocycles. The molecule has 4 nitrogen and oxygen atoms in total. The molecule has 0 aliphatic rings. The Morgan fingerprint density at radius 1 is 1.33 bits per heavy atom. The van der Waals surface area contributed by atoms with E-state index in [1.54, 1.807) is 31.5 Å². The Hall–Kier alpha value is -0.880. The molecule has 2 heterocycles. The van der Waals surface area contributed by atoms with Crippen LogP contribution in [-0.4, -0.2) is 22.1 Å². The SMILES string of the molecule is COCc1nc(Cl)cc(Sc2ncccc2Cl)n1. The molecule has 0 unspecified atom stereocenters. The minimum Gasteiger partial charge on any atom is -0.377 e. The molecule has 0 aliphatic heterocycles. The van der Waals surface area contributed by atoms with E-state index in [4.69, 9.17) is 27.9 Å². The highest BCUT2D eigenvalue weighted by Crippen LogP contribution is 2.30. The van der Waals surface area contributed by atoms with Gasteiger partial charge in [0.15, 0.2) is 5.82 Å². The maximum atomic E-state index is 6.03. The lowest BCUT2D eigenvalue weighted by Gasteiger charge is -2.04. The van der Waals surface area contributed by atoms with Crippen molar-refractivity contribution in [3.05, 3.63) is 40.4 Å². The minimum atomic E-state index is 0.310. The summed E-state index contributed by atoms with van der Waals surface area (Å²) in [6, 6.07) is 5.21. The molecular weight excluding hydrogens is 293 g/mol. The first-order chi connectivity index (χ1) is 8.69. The number of aromatic nitrogens is 3. The summed E-state index contributed by atoms with van der Waals surface area (Å²) in [4.78, 5) is 12.5. The molecule has 0 bridgehead atoms. The summed E-state index contributed by atoms with van der Waals surface area (Å²) >= 11 is 13.3. The second kappa shape index (κ2) is 6.33. The average Bonchev–Trinajstić information content (AvgIpc) is 2.32. The highest BCUT2D eigenvalue weighted by atomic mass is 35.5. The van der Waals surface area contributed by atoms with Crippen LogP contribution in [-0.2, 0) is 11.3 Å². The van der Waals surface area contributed by atoms with Gasteiger partial charge in [-0.05, 0) is 23.9 Å². The zero-order valence-corrected chi connectivity index (χ0v) is 11.8. The Morgan fingerprint density at radius 2 is 2.17 bits per heavy atom. The zero-order valence-electron chi connectivity index (χ0n) is 9.43. The van der Waals surface area contributed by atoms with Gasteiger partial charge in [0.1, 0.15) is 21.8 Å². The fraction of sp³-hybridized carbons (Fsp3) is 0.182. The molecule has 0 fully saturated rings. The van der Waals surface area contributed by atoms with Crippen LogP contribution >= 0.6 is 35.0 Å². The number of hydrogen-bond acceptors (Lipinski definition) is 5. The summed E-state index contributed by atoms with van der Waals surface area (Å²) in [5.41, 5.74) is 0. The lowest BCUT2D eigenvalue weighted by Crippen LogP contribution is -1.98. The number of halogens is 2. The van der Waals surface area contributed by atoms with Crippen molar-refractivity contribution in [2.45, 2.75) is 16.7 Å². The van der Waals surface area contributed by atoms with E-state index in [9.17, 15) is 0 Å². The van der Waals surface area contributed by atoms with Gasteiger partial charge < -0.3 is 4.74 Å². The van der Waals surface area contributed by atoms with Gasteiger partial charge in [-0.1, -0.05) is 23.2 Å². The fourth-order valence-corrected chi connectivity index (χ4v) is 2.53. The molecule has 2 aromatic rings. The van der Waals surface area contributed by atoms with E-state index in [2.05, 4.69) is 15.0 Å². The van der Waals surface area contributed by atoms with Crippen LogP contribution < -0.4 is 0 Å². The molecule has 0 amide bonds. The van der Waals surface area contributed by atoms with Gasteiger partial charge in [0.25, 0.3) is 0 Å². The van der Waals surface area contributed by atoms with Gasteiger partial charge in [0.2, 0.25) is 0 Å². The van der Waals surface area contributed by atoms with E-state index in [-0.39, 0.29) is 0 Å². The summed E-state index contributed by atoms with van der Waals surface area (Å²) in [6.45, 7) is 0.310. The number of ether oxygens (including phenoxy) is 1. The third-order valence-corrected chi connectivity index (χ3v) is 3.46. The van der Waals surface area contributed by atoms with E-state index in [1.807, 2.05) is 0 Å². The molecule has 0 spiro atoms. The Morgan fingerprint density at radius 3 is 2.89 bits per heavy atom. The highest BCUT2D eigenvalue weighted by molar-refractivity contribution is 7.99. The van der Waals surface area contributed by atoms with Crippen molar-refractivity contribution in [2.75, 3.05) is 7.11 Å². The van der Waals surface area contributed by atoms with Crippen LogP contribution in [0, 0.1) is 0 Å². The van der Waals surface area contributed by atoms with Crippen LogP contribution in [0.3, 0.4) is 0 Å². The molecule has 0 atom stereocenters. The van der Waals surface area contributed by atoms with Crippen LogP contribution in [0.4, 0.5) is 0 Å². The van der Waals surface area contributed by atoms with Crippen LogP contribution in [0.25, 0.3) is 0 Å². The molecule has 2 aromatic heterocycles. The predicted molar refractivity (Wildman–Crippen MR) is 71.1 cm³/mol. The Labute approximate surface area is 119 Å². The van der Waals surface area contributed by atoms with E-state index in [0.717, 1.165) is 0 Å². The van der Waals surface area contributed by atoms with Crippen molar-refractivity contribution in [1.82, 2.24) is 15.0 Å².